The number of benzene rings is 1. The predicted molar refractivity (Wildman–Crippen MR) is 69.5 cm³/mol. The molecule has 19 heavy (non-hydrogen) atoms. The molecule has 0 fully saturated rings. The summed E-state index contributed by atoms with van der Waals surface area (Å²) < 4.78 is 15.4. The van der Waals surface area contributed by atoms with Crippen LogP contribution in [0.3, 0.4) is 0 Å². The van der Waals surface area contributed by atoms with Crippen LogP contribution in [0.2, 0.25) is 0 Å². The van der Waals surface area contributed by atoms with Crippen LogP contribution in [0.25, 0.3) is 0 Å². The van der Waals surface area contributed by atoms with Gasteiger partial charge in [-0.25, -0.2) is 4.79 Å². The average molecular weight is 267 g/mol. The molecule has 0 amide bonds. The minimum absolute atomic E-state index is 0.105. The second-order valence-electron chi connectivity index (χ2n) is 3.57. The fraction of sp³-hybridized carbons (Fsp3) is 0.385. The average Bonchev–Trinajstić information content (AvgIpc) is 2.44. The normalized spacial score (nSPS) is 11.3. The standard InChI is InChI=1S/C13H17NO5/c1-10(13(15)17-8-9-18-14-2)19-12-6-4-11(16-3)5-7-12/h4-7,10H,2,8-9H2,1,3H3. The number of ether oxygens (including phenoxy) is 3. The Morgan fingerprint density at radius 2 is 1.89 bits per heavy atom. The Balaban J connectivity index is 2.37. The third-order valence-electron chi connectivity index (χ3n) is 2.21. The first-order chi connectivity index (χ1) is 9.17. The molecule has 6 heteroatoms. The van der Waals surface area contributed by atoms with E-state index in [1.807, 2.05) is 0 Å². The van der Waals surface area contributed by atoms with Gasteiger partial charge in [-0.05, 0) is 31.2 Å². The fourth-order valence-electron chi connectivity index (χ4n) is 1.27. The number of carbonyl (C=O) groups is 1. The highest BCUT2D eigenvalue weighted by molar-refractivity contribution is 5.74. The smallest absolute Gasteiger partial charge is 0.347 e. The van der Waals surface area contributed by atoms with Crippen LogP contribution in [-0.2, 0) is 14.4 Å². The fourth-order valence-corrected chi connectivity index (χ4v) is 1.27. The molecule has 0 aromatic heterocycles. The van der Waals surface area contributed by atoms with Crippen molar-refractivity contribution in [2.24, 2.45) is 5.16 Å². The van der Waals surface area contributed by atoms with Crippen LogP contribution in [0.1, 0.15) is 6.92 Å². The van der Waals surface area contributed by atoms with Gasteiger partial charge >= 0.3 is 5.97 Å². The van der Waals surface area contributed by atoms with Gasteiger partial charge in [-0.15, -0.1) is 5.16 Å². The first-order valence-electron chi connectivity index (χ1n) is 5.72. The number of carbonyl (C=O) groups excluding carboxylic acids is 1. The minimum Gasteiger partial charge on any atom is -0.497 e. The van der Waals surface area contributed by atoms with Gasteiger partial charge in [-0.1, -0.05) is 0 Å². The Bertz CT molecular complexity index is 404. The molecular weight excluding hydrogens is 250 g/mol. The third-order valence-corrected chi connectivity index (χ3v) is 2.21. The van der Waals surface area contributed by atoms with Crippen molar-refractivity contribution in [3.8, 4) is 11.5 Å². The van der Waals surface area contributed by atoms with Gasteiger partial charge in [0.25, 0.3) is 0 Å². The van der Waals surface area contributed by atoms with E-state index in [0.29, 0.717) is 5.75 Å². The van der Waals surface area contributed by atoms with Gasteiger partial charge in [-0.3, -0.25) is 0 Å². The molecule has 0 radical (unpaired) electrons. The van der Waals surface area contributed by atoms with Crippen molar-refractivity contribution in [1.82, 2.24) is 0 Å². The van der Waals surface area contributed by atoms with Crippen LogP contribution < -0.4 is 9.47 Å². The monoisotopic (exact) mass is 267 g/mol. The first kappa shape index (κ1) is 14.8. The zero-order chi connectivity index (χ0) is 14.1. The van der Waals surface area contributed by atoms with E-state index in [1.165, 1.54) is 0 Å². The molecule has 0 N–H and O–H groups in total. The van der Waals surface area contributed by atoms with E-state index >= 15 is 0 Å². The molecule has 0 saturated heterocycles. The Labute approximate surface area is 111 Å². The summed E-state index contributed by atoms with van der Waals surface area (Å²) in [6, 6.07) is 6.93. The lowest BCUT2D eigenvalue weighted by Crippen LogP contribution is -2.27. The maximum absolute atomic E-state index is 11.6. The molecule has 0 bridgehead atoms. The first-order valence-corrected chi connectivity index (χ1v) is 5.72. The summed E-state index contributed by atoms with van der Waals surface area (Å²) in [5, 5.41) is 3.18. The van der Waals surface area contributed by atoms with E-state index in [4.69, 9.17) is 14.2 Å². The van der Waals surface area contributed by atoms with Crippen molar-refractivity contribution in [2.45, 2.75) is 13.0 Å². The molecule has 0 aliphatic heterocycles. The molecular formula is C13H17NO5. The molecule has 1 unspecified atom stereocenters. The second kappa shape index (κ2) is 7.97. The molecule has 1 aromatic carbocycles. The Morgan fingerprint density at radius 1 is 1.26 bits per heavy atom. The molecule has 0 saturated carbocycles. The van der Waals surface area contributed by atoms with Crippen molar-refractivity contribution >= 4 is 12.7 Å². The maximum atomic E-state index is 11.6. The molecule has 1 aromatic rings. The number of oxime groups is 1. The maximum Gasteiger partial charge on any atom is 0.347 e. The van der Waals surface area contributed by atoms with Gasteiger partial charge < -0.3 is 19.0 Å². The highest BCUT2D eigenvalue weighted by Crippen LogP contribution is 2.18. The lowest BCUT2D eigenvalue weighted by Gasteiger charge is -2.14. The summed E-state index contributed by atoms with van der Waals surface area (Å²) in [7, 11) is 1.58. The molecule has 0 heterocycles. The van der Waals surface area contributed by atoms with E-state index in [0.717, 1.165) is 5.75 Å². The molecule has 0 aliphatic carbocycles. The molecule has 0 spiro atoms. The molecule has 104 valence electrons. The summed E-state index contributed by atoms with van der Waals surface area (Å²) in [6.07, 6.45) is -0.704. The summed E-state index contributed by atoms with van der Waals surface area (Å²) >= 11 is 0. The highest BCUT2D eigenvalue weighted by atomic mass is 16.6. The lowest BCUT2D eigenvalue weighted by molar-refractivity contribution is -0.152. The van der Waals surface area contributed by atoms with Gasteiger partial charge in [0, 0.05) is 6.72 Å². The van der Waals surface area contributed by atoms with Gasteiger partial charge in [-0.2, -0.15) is 0 Å². The van der Waals surface area contributed by atoms with E-state index in [9.17, 15) is 4.79 Å². The Kier molecular flexibility index (Phi) is 6.21. The van der Waals surface area contributed by atoms with Gasteiger partial charge in [0.15, 0.2) is 12.7 Å². The van der Waals surface area contributed by atoms with E-state index in [2.05, 4.69) is 16.7 Å². The molecule has 6 nitrogen and oxygen atoms in total. The van der Waals surface area contributed by atoms with Crippen LogP contribution in [0, 0.1) is 0 Å². The second-order valence-corrected chi connectivity index (χ2v) is 3.57. The van der Waals surface area contributed by atoms with Crippen LogP contribution in [0.15, 0.2) is 29.4 Å². The number of hydrogen-bond donors (Lipinski definition) is 0. The van der Waals surface area contributed by atoms with E-state index in [-0.39, 0.29) is 13.2 Å². The van der Waals surface area contributed by atoms with Crippen molar-refractivity contribution in [2.75, 3.05) is 20.3 Å². The van der Waals surface area contributed by atoms with E-state index < -0.39 is 12.1 Å². The molecule has 0 aliphatic rings. The van der Waals surface area contributed by atoms with Gasteiger partial charge in [0.05, 0.1) is 7.11 Å². The Hall–Kier alpha value is -2.24. The van der Waals surface area contributed by atoms with Crippen molar-refractivity contribution in [3.05, 3.63) is 24.3 Å². The van der Waals surface area contributed by atoms with Crippen molar-refractivity contribution in [1.29, 1.82) is 0 Å². The molecule has 1 rings (SSSR count). The third kappa shape index (κ3) is 5.29. The number of methoxy groups -OCH3 is 1. The number of nitrogens with zero attached hydrogens (tertiary/aromatic N) is 1. The summed E-state index contributed by atoms with van der Waals surface area (Å²) in [4.78, 5) is 16.1. The summed E-state index contributed by atoms with van der Waals surface area (Å²) in [5.41, 5.74) is 0. The highest BCUT2D eigenvalue weighted by Gasteiger charge is 2.16. The lowest BCUT2D eigenvalue weighted by atomic mass is 10.3. The zero-order valence-electron chi connectivity index (χ0n) is 11.0. The number of rotatable bonds is 8. The SMILES string of the molecule is C=NOCCOC(=O)C(C)Oc1ccc(OC)cc1. The summed E-state index contributed by atoms with van der Waals surface area (Å²) in [6.45, 7) is 5.02. The quantitative estimate of drug-likeness (QED) is 0.310. The van der Waals surface area contributed by atoms with Crippen LogP contribution in [0.4, 0.5) is 0 Å². The van der Waals surface area contributed by atoms with E-state index in [1.54, 1.807) is 38.3 Å². The van der Waals surface area contributed by atoms with Crippen LogP contribution >= 0.6 is 0 Å². The van der Waals surface area contributed by atoms with Gasteiger partial charge in [0.2, 0.25) is 0 Å². The van der Waals surface area contributed by atoms with Crippen molar-refractivity contribution in [3.63, 3.8) is 0 Å². The molecule has 1 atom stereocenters. The number of esters is 1. The van der Waals surface area contributed by atoms with Crippen LogP contribution in [0.5, 0.6) is 11.5 Å². The van der Waals surface area contributed by atoms with Crippen molar-refractivity contribution < 1.29 is 23.8 Å². The largest absolute Gasteiger partial charge is 0.497 e. The van der Waals surface area contributed by atoms with Crippen LogP contribution in [-0.4, -0.2) is 39.1 Å². The number of hydrogen-bond acceptors (Lipinski definition) is 6. The minimum atomic E-state index is -0.704. The predicted octanol–water partition coefficient (Wildman–Crippen LogP) is 1.64. The summed E-state index contributed by atoms with van der Waals surface area (Å²) in [5.74, 6) is 0.814. The van der Waals surface area contributed by atoms with Gasteiger partial charge in [0.1, 0.15) is 18.1 Å². The zero-order valence-corrected chi connectivity index (χ0v) is 11.0. The topological polar surface area (TPSA) is 66.4 Å². The Morgan fingerprint density at radius 3 is 2.47 bits per heavy atom.